The molecule has 1 aromatic rings. The fourth-order valence-electron chi connectivity index (χ4n) is 5.00. The van der Waals surface area contributed by atoms with Crippen LogP contribution >= 0.6 is 0 Å². The van der Waals surface area contributed by atoms with E-state index in [0.717, 1.165) is 12.5 Å². The highest BCUT2D eigenvalue weighted by atomic mass is 15.1. The molecule has 1 heterocycles. The molecule has 0 bridgehead atoms. The zero-order chi connectivity index (χ0) is 22.4. The average Bonchev–Trinajstić information content (AvgIpc) is 3.26. The molecule has 0 aliphatic carbocycles. The smallest absolute Gasteiger partial charge is 0.247 e. The van der Waals surface area contributed by atoms with E-state index in [2.05, 4.69) is 42.7 Å². The van der Waals surface area contributed by atoms with Gasteiger partial charge in [-0.05, 0) is 19.8 Å². The van der Waals surface area contributed by atoms with Gasteiger partial charge in [0.25, 0.3) is 5.82 Å². The zero-order valence-electron chi connectivity index (χ0n) is 21.7. The summed E-state index contributed by atoms with van der Waals surface area (Å²) in [5, 5.41) is 0. The Labute approximate surface area is 196 Å². The number of H-pyrrole nitrogens is 1. The number of unbranched alkanes of at least 4 members (excludes halogenated alkanes) is 17. The molecule has 1 rings (SSSR count). The lowest BCUT2D eigenvalue weighted by atomic mass is 9.93. The number of aromatic nitrogens is 2. The van der Waals surface area contributed by atoms with Gasteiger partial charge in [0.2, 0.25) is 0 Å². The maximum Gasteiger partial charge on any atom is 0.257 e. The van der Waals surface area contributed by atoms with Crippen molar-refractivity contribution in [3.05, 3.63) is 18.2 Å². The van der Waals surface area contributed by atoms with E-state index in [-0.39, 0.29) is 0 Å². The summed E-state index contributed by atoms with van der Waals surface area (Å²) >= 11 is 0. The number of imidazole rings is 1. The second-order valence-corrected chi connectivity index (χ2v) is 9.92. The van der Waals surface area contributed by atoms with Gasteiger partial charge in [-0.2, -0.15) is 0 Å². The Morgan fingerprint density at radius 3 is 1.35 bits per heavy atom. The zero-order valence-corrected chi connectivity index (χ0v) is 21.7. The molecular formula is C29H57N2+. The standard InChI is InChI=1S/C29H56N2/c1-4-7-9-11-13-15-17-19-21-23-25-28(29-30-26-27-31(29)6-3)24-22-20-18-16-14-12-10-8-5-2/h26-28H,4-25H2,1-3H3/p+1/t28-/m0/s1. The van der Waals surface area contributed by atoms with Crippen LogP contribution in [-0.2, 0) is 6.54 Å². The molecule has 1 N–H and O–H groups in total. The van der Waals surface area contributed by atoms with E-state index in [9.17, 15) is 0 Å². The molecule has 0 aliphatic rings. The summed E-state index contributed by atoms with van der Waals surface area (Å²) in [7, 11) is 0. The Bertz CT molecular complexity index is 479. The van der Waals surface area contributed by atoms with Gasteiger partial charge in [0.1, 0.15) is 12.4 Å². The summed E-state index contributed by atoms with van der Waals surface area (Å²) in [6, 6.07) is 0. The molecule has 1 atom stereocenters. The topological polar surface area (TPSA) is 19.7 Å². The molecule has 0 saturated carbocycles. The molecule has 2 nitrogen and oxygen atoms in total. The molecule has 0 unspecified atom stereocenters. The summed E-state index contributed by atoms with van der Waals surface area (Å²) in [4.78, 5) is 3.59. The Morgan fingerprint density at radius 1 is 0.581 bits per heavy atom. The van der Waals surface area contributed by atoms with E-state index in [0.29, 0.717) is 0 Å². The molecule has 182 valence electrons. The van der Waals surface area contributed by atoms with Crippen molar-refractivity contribution in [3.63, 3.8) is 0 Å². The van der Waals surface area contributed by atoms with Crippen LogP contribution < -0.4 is 4.57 Å². The Balaban J connectivity index is 2.19. The molecule has 0 saturated heterocycles. The number of hydrogen-bond acceptors (Lipinski definition) is 0. The minimum absolute atomic E-state index is 0.730. The lowest BCUT2D eigenvalue weighted by molar-refractivity contribution is -0.701. The normalized spacial score (nSPS) is 12.5. The largest absolute Gasteiger partial charge is 0.257 e. The van der Waals surface area contributed by atoms with Crippen molar-refractivity contribution in [1.82, 2.24) is 4.98 Å². The summed E-state index contributed by atoms with van der Waals surface area (Å²) in [6.45, 7) is 7.97. The van der Waals surface area contributed by atoms with Crippen molar-refractivity contribution in [2.75, 3.05) is 0 Å². The molecule has 0 amide bonds. The van der Waals surface area contributed by atoms with Crippen molar-refractivity contribution in [2.45, 2.75) is 168 Å². The molecule has 1 aromatic heterocycles. The van der Waals surface area contributed by atoms with Crippen molar-refractivity contribution in [1.29, 1.82) is 0 Å². The fraction of sp³-hybridized carbons (Fsp3) is 0.897. The van der Waals surface area contributed by atoms with Crippen LogP contribution in [0.1, 0.15) is 167 Å². The third kappa shape index (κ3) is 14.8. The van der Waals surface area contributed by atoms with Crippen molar-refractivity contribution in [2.24, 2.45) is 0 Å². The monoisotopic (exact) mass is 433 g/mol. The predicted molar refractivity (Wildman–Crippen MR) is 138 cm³/mol. The second kappa shape index (κ2) is 21.1. The quantitative estimate of drug-likeness (QED) is 0.131. The van der Waals surface area contributed by atoms with Gasteiger partial charge in [0.05, 0.1) is 12.5 Å². The van der Waals surface area contributed by atoms with E-state index in [1.54, 1.807) is 0 Å². The molecule has 0 spiro atoms. The maximum absolute atomic E-state index is 3.59. The van der Waals surface area contributed by atoms with Gasteiger partial charge in [0, 0.05) is 0 Å². The number of aryl methyl sites for hydroxylation is 1. The van der Waals surface area contributed by atoms with Crippen molar-refractivity contribution in [3.8, 4) is 0 Å². The van der Waals surface area contributed by atoms with Crippen LogP contribution in [0.25, 0.3) is 0 Å². The van der Waals surface area contributed by atoms with Crippen molar-refractivity contribution < 1.29 is 4.57 Å². The Kier molecular flexibility index (Phi) is 19.2. The number of nitrogens with zero attached hydrogens (tertiary/aromatic N) is 1. The van der Waals surface area contributed by atoms with Crippen LogP contribution in [-0.4, -0.2) is 4.98 Å². The fourth-order valence-corrected chi connectivity index (χ4v) is 5.00. The third-order valence-corrected chi connectivity index (χ3v) is 7.08. The lowest BCUT2D eigenvalue weighted by Crippen LogP contribution is -2.36. The van der Waals surface area contributed by atoms with E-state index in [1.165, 1.54) is 141 Å². The summed E-state index contributed by atoms with van der Waals surface area (Å²) in [5.74, 6) is 2.21. The van der Waals surface area contributed by atoms with Crippen LogP contribution in [0.2, 0.25) is 0 Å². The SMILES string of the molecule is CCCCCCCCCCCC[C@H](CCCCCCCCCCC)c1[nH]cc[n+]1CC. The number of nitrogens with one attached hydrogen (secondary N) is 1. The van der Waals surface area contributed by atoms with Gasteiger partial charge in [0.15, 0.2) is 0 Å². The maximum atomic E-state index is 3.59. The van der Waals surface area contributed by atoms with Crippen LogP contribution in [0.5, 0.6) is 0 Å². The van der Waals surface area contributed by atoms with E-state index >= 15 is 0 Å². The van der Waals surface area contributed by atoms with Gasteiger partial charge in [-0.25, -0.2) is 9.55 Å². The highest BCUT2D eigenvalue weighted by Gasteiger charge is 2.21. The second-order valence-electron chi connectivity index (χ2n) is 9.92. The molecule has 0 fully saturated rings. The first kappa shape index (κ1) is 28.2. The molecule has 0 radical (unpaired) electrons. The van der Waals surface area contributed by atoms with Crippen molar-refractivity contribution >= 4 is 0 Å². The molecule has 31 heavy (non-hydrogen) atoms. The number of aromatic amines is 1. The summed E-state index contributed by atoms with van der Waals surface area (Å²) < 4.78 is 2.44. The van der Waals surface area contributed by atoms with Crippen LogP contribution in [0.15, 0.2) is 12.4 Å². The van der Waals surface area contributed by atoms with E-state index < -0.39 is 0 Å². The Hall–Kier alpha value is -0.790. The summed E-state index contributed by atoms with van der Waals surface area (Å²) in [5.41, 5.74) is 0. The lowest BCUT2D eigenvalue weighted by Gasteiger charge is -2.14. The molecule has 0 aliphatic heterocycles. The molecular weight excluding hydrogens is 376 g/mol. The number of rotatable bonds is 23. The number of hydrogen-bond donors (Lipinski definition) is 1. The highest BCUT2D eigenvalue weighted by molar-refractivity contribution is 4.90. The van der Waals surface area contributed by atoms with E-state index in [1.807, 2.05) is 0 Å². The van der Waals surface area contributed by atoms with Gasteiger partial charge in [-0.3, -0.25) is 0 Å². The van der Waals surface area contributed by atoms with Gasteiger partial charge >= 0.3 is 0 Å². The van der Waals surface area contributed by atoms with Gasteiger partial charge < -0.3 is 0 Å². The third-order valence-electron chi connectivity index (χ3n) is 7.08. The first-order valence-electron chi connectivity index (χ1n) is 14.4. The van der Waals surface area contributed by atoms with E-state index in [4.69, 9.17) is 0 Å². The average molecular weight is 434 g/mol. The van der Waals surface area contributed by atoms with Crippen LogP contribution in [0, 0.1) is 0 Å². The predicted octanol–water partition coefficient (Wildman–Crippen LogP) is 9.64. The van der Waals surface area contributed by atoms with Crippen LogP contribution in [0.4, 0.5) is 0 Å². The minimum atomic E-state index is 0.730. The first-order valence-corrected chi connectivity index (χ1v) is 14.4. The first-order chi connectivity index (χ1) is 15.3. The highest BCUT2D eigenvalue weighted by Crippen LogP contribution is 2.26. The minimum Gasteiger partial charge on any atom is -0.247 e. The van der Waals surface area contributed by atoms with Gasteiger partial charge in [-0.1, -0.05) is 136 Å². The van der Waals surface area contributed by atoms with Crippen LogP contribution in [0.3, 0.4) is 0 Å². The molecule has 2 heteroatoms. The Morgan fingerprint density at radius 2 is 0.968 bits per heavy atom. The van der Waals surface area contributed by atoms with Gasteiger partial charge in [-0.15, -0.1) is 0 Å². The molecule has 0 aromatic carbocycles. The summed E-state index contributed by atoms with van der Waals surface area (Å²) in [6.07, 6.45) is 34.3.